The van der Waals surface area contributed by atoms with Crippen LogP contribution in [0.4, 0.5) is 4.79 Å². The molecule has 8 heteroatoms. The van der Waals surface area contributed by atoms with Crippen molar-refractivity contribution in [3.8, 4) is 0 Å². The van der Waals surface area contributed by atoms with Crippen LogP contribution in [0.15, 0.2) is 16.8 Å². The van der Waals surface area contributed by atoms with E-state index in [0.29, 0.717) is 32.7 Å². The molecule has 2 spiro atoms. The number of carbonyl (C=O) groups is 3. The molecule has 1 aromatic heterocycles. The summed E-state index contributed by atoms with van der Waals surface area (Å²) in [4.78, 5) is 46.3. The van der Waals surface area contributed by atoms with E-state index < -0.39 is 5.41 Å². The Hall–Kier alpha value is -2.09. The molecule has 7 nitrogen and oxygen atoms in total. The summed E-state index contributed by atoms with van der Waals surface area (Å²) in [6.07, 6.45) is 2.34. The predicted octanol–water partition coefficient (Wildman–Crippen LogP) is 2.21. The molecule has 4 amide bonds. The SMILES string of the molecule is CCN1CC[C@@]2(CN(C(=O)N(C)C)CC23CCN(C(=O)c2ccsc2)CC3)C1=O. The van der Waals surface area contributed by atoms with Gasteiger partial charge in [0.25, 0.3) is 5.91 Å². The smallest absolute Gasteiger partial charge is 0.319 e. The molecule has 0 bridgehead atoms. The first-order valence-electron chi connectivity index (χ1n) is 10.4. The van der Waals surface area contributed by atoms with Crippen LogP contribution in [0.2, 0.25) is 0 Å². The van der Waals surface area contributed by atoms with E-state index in [1.807, 2.05) is 38.4 Å². The summed E-state index contributed by atoms with van der Waals surface area (Å²) in [6.45, 7) is 5.87. The summed E-state index contributed by atoms with van der Waals surface area (Å²) in [5.74, 6) is 0.272. The molecule has 0 saturated carbocycles. The van der Waals surface area contributed by atoms with Crippen molar-refractivity contribution < 1.29 is 14.4 Å². The fourth-order valence-electron chi connectivity index (χ4n) is 5.60. The first-order valence-corrected chi connectivity index (χ1v) is 11.3. The third-order valence-corrected chi connectivity index (χ3v) is 7.97. The minimum absolute atomic E-state index is 0.0271. The lowest BCUT2D eigenvalue weighted by Crippen LogP contribution is -2.53. The number of hydrogen-bond donors (Lipinski definition) is 0. The zero-order valence-electron chi connectivity index (χ0n) is 17.5. The lowest BCUT2D eigenvalue weighted by atomic mass is 9.60. The third kappa shape index (κ3) is 3.03. The van der Waals surface area contributed by atoms with E-state index >= 15 is 0 Å². The lowest BCUT2D eigenvalue weighted by molar-refractivity contribution is -0.141. The highest BCUT2D eigenvalue weighted by Crippen LogP contribution is 2.58. The number of rotatable bonds is 2. The zero-order valence-corrected chi connectivity index (χ0v) is 18.3. The first kappa shape index (κ1) is 20.2. The van der Waals surface area contributed by atoms with Gasteiger partial charge in [-0.25, -0.2) is 4.79 Å². The summed E-state index contributed by atoms with van der Waals surface area (Å²) in [6, 6.07) is 1.84. The van der Waals surface area contributed by atoms with Crippen molar-refractivity contribution in [3.63, 3.8) is 0 Å². The maximum absolute atomic E-state index is 13.5. The second kappa shape index (κ2) is 7.31. The van der Waals surface area contributed by atoms with Crippen molar-refractivity contribution in [2.75, 3.05) is 53.4 Å². The Balaban J connectivity index is 1.59. The molecular weight excluding hydrogens is 388 g/mol. The maximum atomic E-state index is 13.5. The molecule has 0 aromatic carbocycles. The van der Waals surface area contributed by atoms with Gasteiger partial charge in [-0.05, 0) is 37.6 Å². The summed E-state index contributed by atoms with van der Waals surface area (Å²) < 4.78 is 0. The zero-order chi connectivity index (χ0) is 20.8. The van der Waals surface area contributed by atoms with Crippen LogP contribution in [0.1, 0.15) is 36.5 Å². The van der Waals surface area contributed by atoms with E-state index in [2.05, 4.69) is 0 Å². The van der Waals surface area contributed by atoms with Gasteiger partial charge in [-0.15, -0.1) is 0 Å². The number of fused-ring (bicyclic) bond motifs is 1. The van der Waals surface area contributed by atoms with Gasteiger partial charge in [0.05, 0.1) is 11.0 Å². The van der Waals surface area contributed by atoms with Crippen molar-refractivity contribution in [2.24, 2.45) is 10.8 Å². The normalized spacial score (nSPS) is 26.0. The van der Waals surface area contributed by atoms with Gasteiger partial charge in [-0.1, -0.05) is 0 Å². The van der Waals surface area contributed by atoms with Gasteiger partial charge >= 0.3 is 6.03 Å². The quantitative estimate of drug-likeness (QED) is 0.740. The van der Waals surface area contributed by atoms with E-state index in [9.17, 15) is 14.4 Å². The lowest BCUT2D eigenvalue weighted by Gasteiger charge is -2.46. The molecule has 0 N–H and O–H groups in total. The number of amides is 4. The molecule has 3 aliphatic rings. The molecular formula is C21H30N4O3S. The molecule has 29 heavy (non-hydrogen) atoms. The van der Waals surface area contributed by atoms with Crippen molar-refractivity contribution >= 4 is 29.2 Å². The van der Waals surface area contributed by atoms with Gasteiger partial charge in [0.15, 0.2) is 0 Å². The third-order valence-electron chi connectivity index (χ3n) is 7.29. The minimum Gasteiger partial charge on any atom is -0.342 e. The molecule has 0 radical (unpaired) electrons. The van der Waals surface area contributed by atoms with E-state index in [-0.39, 0.29) is 23.3 Å². The van der Waals surface area contributed by atoms with Gasteiger partial charge in [0.1, 0.15) is 0 Å². The predicted molar refractivity (Wildman–Crippen MR) is 112 cm³/mol. The minimum atomic E-state index is -0.508. The van der Waals surface area contributed by atoms with Gasteiger partial charge in [0.2, 0.25) is 5.91 Å². The molecule has 3 saturated heterocycles. The van der Waals surface area contributed by atoms with Crippen LogP contribution in [0.25, 0.3) is 0 Å². The first-order chi connectivity index (χ1) is 13.8. The van der Waals surface area contributed by atoms with Gasteiger partial charge in [0, 0.05) is 64.2 Å². The molecule has 1 atom stereocenters. The van der Waals surface area contributed by atoms with Crippen molar-refractivity contribution in [2.45, 2.75) is 26.2 Å². The largest absolute Gasteiger partial charge is 0.342 e. The van der Waals surface area contributed by atoms with Gasteiger partial charge in [-0.3, -0.25) is 9.59 Å². The van der Waals surface area contributed by atoms with Crippen LogP contribution < -0.4 is 0 Å². The Morgan fingerprint density at radius 2 is 1.83 bits per heavy atom. The van der Waals surface area contributed by atoms with E-state index in [1.165, 1.54) is 11.3 Å². The Morgan fingerprint density at radius 3 is 2.38 bits per heavy atom. The summed E-state index contributed by atoms with van der Waals surface area (Å²) in [5, 5.41) is 3.81. The fraction of sp³-hybridized carbons (Fsp3) is 0.667. The Labute approximate surface area is 176 Å². The number of hydrogen-bond acceptors (Lipinski definition) is 4. The number of thiophene rings is 1. The van der Waals surface area contributed by atoms with E-state index in [0.717, 1.165) is 31.4 Å². The summed E-state index contributed by atoms with van der Waals surface area (Å²) in [5.41, 5.74) is -0.0114. The Kier molecular flexibility index (Phi) is 5.09. The second-order valence-corrected chi connectivity index (χ2v) is 9.61. The van der Waals surface area contributed by atoms with Crippen LogP contribution in [0.5, 0.6) is 0 Å². The number of nitrogens with zero attached hydrogens (tertiary/aromatic N) is 4. The Morgan fingerprint density at radius 1 is 1.10 bits per heavy atom. The van der Waals surface area contributed by atoms with E-state index in [4.69, 9.17) is 0 Å². The average molecular weight is 419 g/mol. The maximum Gasteiger partial charge on any atom is 0.319 e. The van der Waals surface area contributed by atoms with Crippen LogP contribution in [-0.4, -0.2) is 90.8 Å². The van der Waals surface area contributed by atoms with Crippen molar-refractivity contribution in [1.82, 2.24) is 19.6 Å². The molecule has 1 aromatic rings. The number of piperidine rings is 1. The Bertz CT molecular complexity index is 801. The highest BCUT2D eigenvalue weighted by Gasteiger charge is 2.66. The van der Waals surface area contributed by atoms with E-state index in [1.54, 1.807) is 19.0 Å². The number of urea groups is 1. The molecule has 4 heterocycles. The molecule has 0 aliphatic carbocycles. The average Bonchev–Trinajstić information content (AvgIpc) is 3.42. The van der Waals surface area contributed by atoms with Crippen LogP contribution in [0.3, 0.4) is 0 Å². The molecule has 3 aliphatic heterocycles. The van der Waals surface area contributed by atoms with Crippen LogP contribution >= 0.6 is 11.3 Å². The standard InChI is InChI=1S/C21H30N4O3S/c1-4-23-11-8-21(18(23)27)15-25(19(28)22(2)3)14-20(21)6-9-24(10-7-20)17(26)16-5-12-29-13-16/h5,12-13H,4,6-11,14-15H2,1-3H3/t21-/m1/s1. The monoisotopic (exact) mass is 418 g/mol. The summed E-state index contributed by atoms with van der Waals surface area (Å²) in [7, 11) is 3.52. The topological polar surface area (TPSA) is 64.2 Å². The van der Waals surface area contributed by atoms with Gasteiger partial charge < -0.3 is 19.6 Å². The highest BCUT2D eigenvalue weighted by molar-refractivity contribution is 7.08. The van der Waals surface area contributed by atoms with Crippen molar-refractivity contribution in [1.29, 1.82) is 0 Å². The van der Waals surface area contributed by atoms with Crippen molar-refractivity contribution in [3.05, 3.63) is 22.4 Å². The van der Waals surface area contributed by atoms with Crippen LogP contribution in [-0.2, 0) is 4.79 Å². The number of likely N-dealkylation sites (tertiary alicyclic amines) is 3. The van der Waals surface area contributed by atoms with Gasteiger partial charge in [-0.2, -0.15) is 11.3 Å². The fourth-order valence-corrected chi connectivity index (χ4v) is 6.23. The molecule has 4 rings (SSSR count). The van der Waals surface area contributed by atoms with Crippen LogP contribution in [0, 0.1) is 10.8 Å². The number of carbonyl (C=O) groups excluding carboxylic acids is 3. The summed E-state index contributed by atoms with van der Waals surface area (Å²) >= 11 is 1.53. The molecule has 158 valence electrons. The molecule has 3 fully saturated rings. The molecule has 0 unspecified atom stereocenters. The highest BCUT2D eigenvalue weighted by atomic mass is 32.1. The second-order valence-electron chi connectivity index (χ2n) is 8.83.